The molecule has 0 saturated heterocycles. The van der Waals surface area contributed by atoms with Gasteiger partial charge in [-0.15, -0.1) is 9.35 Å². The zero-order chi connectivity index (χ0) is 24.4. The van der Waals surface area contributed by atoms with E-state index >= 15 is 0 Å². The second-order valence-corrected chi connectivity index (χ2v) is 11.4. The predicted molar refractivity (Wildman–Crippen MR) is 135 cm³/mol. The number of aromatic nitrogens is 1. The third-order valence-corrected chi connectivity index (χ3v) is 8.05. The first-order valence-corrected chi connectivity index (χ1v) is 14.4. The Morgan fingerprint density at radius 1 is 1.09 bits per heavy atom. The smallest absolute Gasteiger partial charge is 0.354 e. The van der Waals surface area contributed by atoms with E-state index in [0.717, 1.165) is 19.5 Å². The summed E-state index contributed by atoms with van der Waals surface area (Å²) < 4.78 is 26.6. The number of likely N-dealkylation sites (N-methyl/N-ethyl adjacent to an activating group) is 1. The van der Waals surface area contributed by atoms with Gasteiger partial charge in [0.25, 0.3) is 0 Å². The second-order valence-electron chi connectivity index (χ2n) is 8.36. The summed E-state index contributed by atoms with van der Waals surface area (Å²) in [5.74, 6) is 0.337. The number of benzene rings is 1. The number of hydrogen-bond acceptors (Lipinski definition) is 8. The van der Waals surface area contributed by atoms with Crippen LogP contribution in [0.3, 0.4) is 0 Å². The molecule has 2 heterocycles. The van der Waals surface area contributed by atoms with Crippen molar-refractivity contribution in [2.75, 3.05) is 46.6 Å². The first kappa shape index (κ1) is 27.0. The SMILES string of the molecule is CCOOP(=O)(CCC[n+]1c(CC2C=CN(CCN(C)C)C=C2)sc2ccccc21)OOCC. The lowest BCUT2D eigenvalue weighted by Crippen LogP contribution is -2.37. The van der Waals surface area contributed by atoms with Crippen LogP contribution < -0.4 is 4.57 Å². The topological polar surface area (TPSA) is 64.4 Å². The van der Waals surface area contributed by atoms with Crippen LogP contribution in [0.1, 0.15) is 25.3 Å². The van der Waals surface area contributed by atoms with Crippen LogP contribution in [-0.2, 0) is 36.7 Å². The zero-order valence-electron chi connectivity index (χ0n) is 20.6. The van der Waals surface area contributed by atoms with Gasteiger partial charge in [0, 0.05) is 43.9 Å². The highest BCUT2D eigenvalue weighted by molar-refractivity contribution is 7.53. The maximum atomic E-state index is 12.9. The molecule has 34 heavy (non-hydrogen) atoms. The summed E-state index contributed by atoms with van der Waals surface area (Å²) in [6, 6.07) is 8.41. The fraction of sp³-hybridized carbons (Fsp3) is 0.542. The third-order valence-electron chi connectivity index (χ3n) is 5.33. The van der Waals surface area contributed by atoms with Crippen LogP contribution in [0.2, 0.25) is 0 Å². The minimum absolute atomic E-state index is 0.202. The van der Waals surface area contributed by atoms with Crippen LogP contribution >= 0.6 is 18.9 Å². The molecule has 10 heteroatoms. The van der Waals surface area contributed by atoms with E-state index in [9.17, 15) is 4.57 Å². The van der Waals surface area contributed by atoms with E-state index in [2.05, 4.69) is 77.3 Å². The number of allylic oxidation sites excluding steroid dienone is 2. The molecule has 188 valence electrons. The molecule has 0 bridgehead atoms. The number of fused-ring (bicyclic) bond motifs is 1. The summed E-state index contributed by atoms with van der Waals surface area (Å²) in [5, 5.41) is 1.29. The van der Waals surface area contributed by atoms with Gasteiger partial charge < -0.3 is 9.80 Å². The minimum atomic E-state index is -3.49. The van der Waals surface area contributed by atoms with Crippen LogP contribution in [0.4, 0.5) is 0 Å². The summed E-state index contributed by atoms with van der Waals surface area (Å²) in [6.07, 6.45) is 10.6. The summed E-state index contributed by atoms with van der Waals surface area (Å²) >= 11 is 1.81. The van der Waals surface area contributed by atoms with Crippen molar-refractivity contribution in [2.24, 2.45) is 5.92 Å². The van der Waals surface area contributed by atoms with Crippen molar-refractivity contribution >= 4 is 29.1 Å². The van der Waals surface area contributed by atoms with E-state index in [0.29, 0.717) is 18.9 Å². The third kappa shape index (κ3) is 7.99. The van der Waals surface area contributed by atoms with Gasteiger partial charge in [-0.3, -0.25) is 4.57 Å². The van der Waals surface area contributed by atoms with Crippen molar-refractivity contribution in [3.63, 3.8) is 0 Å². The normalized spacial score (nSPS) is 14.7. The van der Waals surface area contributed by atoms with Crippen LogP contribution in [-0.4, -0.2) is 56.4 Å². The molecule has 1 aromatic carbocycles. The Labute approximate surface area is 206 Å². The average molecular weight is 511 g/mol. The Hall–Kier alpha value is -1.58. The van der Waals surface area contributed by atoms with Gasteiger partial charge in [0.15, 0.2) is 6.54 Å². The Balaban J connectivity index is 1.68. The Kier molecular flexibility index (Phi) is 10.7. The van der Waals surface area contributed by atoms with Gasteiger partial charge in [-0.05, 0) is 34.0 Å². The Morgan fingerprint density at radius 2 is 1.76 bits per heavy atom. The number of aryl methyl sites for hydroxylation is 1. The first-order chi connectivity index (χ1) is 16.4. The molecule has 2 aromatic rings. The van der Waals surface area contributed by atoms with Gasteiger partial charge in [-0.2, -0.15) is 4.57 Å². The van der Waals surface area contributed by atoms with Crippen molar-refractivity contribution in [1.29, 1.82) is 0 Å². The van der Waals surface area contributed by atoms with Crippen LogP contribution in [0.5, 0.6) is 0 Å². The van der Waals surface area contributed by atoms with E-state index in [1.807, 2.05) is 11.3 Å². The van der Waals surface area contributed by atoms with Crippen LogP contribution in [0, 0.1) is 5.92 Å². The monoisotopic (exact) mass is 510 g/mol. The Morgan fingerprint density at radius 3 is 2.41 bits per heavy atom. The van der Waals surface area contributed by atoms with Gasteiger partial charge in [0.1, 0.15) is 4.70 Å². The number of para-hydroxylation sites is 1. The van der Waals surface area contributed by atoms with Gasteiger partial charge in [-0.25, -0.2) is 9.78 Å². The van der Waals surface area contributed by atoms with E-state index < -0.39 is 7.60 Å². The lowest BCUT2D eigenvalue weighted by atomic mass is 10.0. The second kappa shape index (κ2) is 13.5. The van der Waals surface area contributed by atoms with Crippen molar-refractivity contribution in [1.82, 2.24) is 9.80 Å². The molecule has 0 aliphatic carbocycles. The molecular formula is C24H37N3O5PS+. The maximum Gasteiger partial charge on any atom is 0.384 e. The number of rotatable bonds is 15. The van der Waals surface area contributed by atoms with Gasteiger partial charge >= 0.3 is 7.60 Å². The molecular weight excluding hydrogens is 473 g/mol. The lowest BCUT2D eigenvalue weighted by Gasteiger charge is -2.22. The Bertz CT molecular complexity index is 984. The van der Waals surface area contributed by atoms with E-state index in [-0.39, 0.29) is 19.4 Å². The highest BCUT2D eigenvalue weighted by atomic mass is 32.1. The van der Waals surface area contributed by atoms with Crippen molar-refractivity contribution in [2.45, 2.75) is 33.2 Å². The molecule has 0 N–H and O–H groups in total. The number of nitrogens with zero attached hydrogens (tertiary/aromatic N) is 3. The van der Waals surface area contributed by atoms with Crippen molar-refractivity contribution < 1.29 is 28.3 Å². The van der Waals surface area contributed by atoms with Gasteiger partial charge in [-0.1, -0.05) is 35.6 Å². The number of hydrogen-bond donors (Lipinski definition) is 0. The maximum absolute atomic E-state index is 12.9. The van der Waals surface area contributed by atoms with E-state index in [4.69, 9.17) is 19.1 Å². The number of thiazole rings is 1. The summed E-state index contributed by atoms with van der Waals surface area (Å²) in [4.78, 5) is 14.3. The quantitative estimate of drug-likeness (QED) is 0.148. The molecule has 0 atom stereocenters. The van der Waals surface area contributed by atoms with E-state index in [1.54, 1.807) is 13.8 Å². The van der Waals surface area contributed by atoms with Crippen LogP contribution in [0.15, 0.2) is 48.8 Å². The van der Waals surface area contributed by atoms with Gasteiger partial charge in [0.2, 0.25) is 10.5 Å². The van der Waals surface area contributed by atoms with Crippen molar-refractivity contribution in [3.05, 3.63) is 53.8 Å². The molecule has 0 fully saturated rings. The molecule has 1 aliphatic heterocycles. The molecule has 0 spiro atoms. The molecule has 3 rings (SSSR count). The molecule has 0 amide bonds. The van der Waals surface area contributed by atoms with Gasteiger partial charge in [0.05, 0.1) is 25.8 Å². The lowest BCUT2D eigenvalue weighted by molar-refractivity contribution is -0.674. The highest BCUT2D eigenvalue weighted by Gasteiger charge is 2.30. The fourth-order valence-electron chi connectivity index (χ4n) is 3.61. The molecule has 1 aromatic heterocycles. The fourth-order valence-corrected chi connectivity index (χ4v) is 6.11. The average Bonchev–Trinajstić information content (AvgIpc) is 3.18. The molecule has 0 unspecified atom stereocenters. The standard InChI is InChI=1S/C24H37N3O5PS/c1-5-29-31-33(28,32-30-6-2)19-9-14-27-22-10-7-8-11-23(22)34-24(27)20-21-12-15-26(16-13-21)18-17-25(3)4/h7-8,10-13,15-16,21H,5-6,9,14,17-20H2,1-4H3/q+1. The summed E-state index contributed by atoms with van der Waals surface area (Å²) in [5.41, 5.74) is 1.19. The van der Waals surface area contributed by atoms with Crippen LogP contribution in [0.25, 0.3) is 10.2 Å². The summed E-state index contributed by atoms with van der Waals surface area (Å²) in [6.45, 7) is 6.78. The molecule has 0 radical (unpaired) electrons. The predicted octanol–water partition coefficient (Wildman–Crippen LogP) is 4.77. The molecule has 0 saturated carbocycles. The molecule has 1 aliphatic rings. The molecule has 8 nitrogen and oxygen atoms in total. The van der Waals surface area contributed by atoms with E-state index in [1.165, 1.54) is 15.2 Å². The first-order valence-electron chi connectivity index (χ1n) is 11.8. The highest BCUT2D eigenvalue weighted by Crippen LogP contribution is 2.49. The zero-order valence-corrected chi connectivity index (χ0v) is 22.3. The minimum Gasteiger partial charge on any atom is -0.354 e. The summed E-state index contributed by atoms with van der Waals surface area (Å²) in [7, 11) is 0.689. The largest absolute Gasteiger partial charge is 0.384 e. The van der Waals surface area contributed by atoms with Crippen molar-refractivity contribution in [3.8, 4) is 0 Å².